The minimum Gasteiger partial charge on any atom is -0.488 e. The largest absolute Gasteiger partial charge is 0.488 e. The minimum absolute atomic E-state index is 0.0492. The second-order valence-corrected chi connectivity index (χ2v) is 4.97. The fourth-order valence-corrected chi connectivity index (χ4v) is 2.11. The zero-order valence-corrected chi connectivity index (χ0v) is 12.0. The SMILES string of the molecule is Cc1cc(C=O)ccc1OCc1c(F)ccc(C)c1Cl. The summed E-state index contributed by atoms with van der Waals surface area (Å²) in [5, 5.41) is 0.382. The van der Waals surface area contributed by atoms with Gasteiger partial charge >= 0.3 is 0 Å². The lowest BCUT2D eigenvalue weighted by Crippen LogP contribution is -2.02. The van der Waals surface area contributed by atoms with E-state index in [0.717, 1.165) is 17.4 Å². The Morgan fingerprint density at radius 2 is 1.95 bits per heavy atom. The number of carbonyl (C=O) groups is 1. The summed E-state index contributed by atoms with van der Waals surface area (Å²) in [6.07, 6.45) is 0.772. The van der Waals surface area contributed by atoms with Gasteiger partial charge in [-0.25, -0.2) is 4.39 Å². The van der Waals surface area contributed by atoms with Crippen molar-refractivity contribution in [2.45, 2.75) is 20.5 Å². The van der Waals surface area contributed by atoms with Crippen molar-refractivity contribution in [3.63, 3.8) is 0 Å². The monoisotopic (exact) mass is 292 g/mol. The van der Waals surface area contributed by atoms with E-state index in [4.69, 9.17) is 16.3 Å². The van der Waals surface area contributed by atoms with Gasteiger partial charge < -0.3 is 4.74 Å². The third-order valence-electron chi connectivity index (χ3n) is 3.09. The molecule has 4 heteroatoms. The summed E-state index contributed by atoms with van der Waals surface area (Å²) in [4.78, 5) is 10.7. The van der Waals surface area contributed by atoms with Crippen LogP contribution in [0.2, 0.25) is 5.02 Å². The number of benzene rings is 2. The third kappa shape index (κ3) is 2.99. The molecule has 0 saturated carbocycles. The lowest BCUT2D eigenvalue weighted by Gasteiger charge is -2.12. The van der Waals surface area contributed by atoms with E-state index in [1.54, 1.807) is 24.3 Å². The topological polar surface area (TPSA) is 26.3 Å². The second-order valence-electron chi connectivity index (χ2n) is 4.59. The average Bonchev–Trinajstić information content (AvgIpc) is 2.44. The number of carbonyl (C=O) groups excluding carboxylic acids is 1. The van der Waals surface area contributed by atoms with Gasteiger partial charge in [-0.1, -0.05) is 17.7 Å². The molecule has 0 atom stereocenters. The molecule has 0 amide bonds. The number of halogens is 2. The number of aldehydes is 1. The summed E-state index contributed by atoms with van der Waals surface area (Å²) in [6, 6.07) is 8.08. The molecule has 0 bridgehead atoms. The molecule has 0 aliphatic heterocycles. The first-order valence-electron chi connectivity index (χ1n) is 6.15. The lowest BCUT2D eigenvalue weighted by atomic mass is 10.1. The molecule has 2 aromatic carbocycles. The Balaban J connectivity index is 2.21. The summed E-state index contributed by atoms with van der Waals surface area (Å²) >= 11 is 6.09. The molecule has 0 unspecified atom stereocenters. The highest BCUT2D eigenvalue weighted by Gasteiger charge is 2.11. The number of aryl methyl sites for hydroxylation is 2. The van der Waals surface area contributed by atoms with Crippen LogP contribution in [0.5, 0.6) is 5.75 Å². The van der Waals surface area contributed by atoms with Crippen molar-refractivity contribution in [3.8, 4) is 5.75 Å². The van der Waals surface area contributed by atoms with Crippen molar-refractivity contribution in [2.75, 3.05) is 0 Å². The van der Waals surface area contributed by atoms with E-state index in [-0.39, 0.29) is 12.4 Å². The van der Waals surface area contributed by atoms with Crippen molar-refractivity contribution in [2.24, 2.45) is 0 Å². The summed E-state index contributed by atoms with van der Waals surface area (Å²) in [7, 11) is 0. The fraction of sp³-hybridized carbons (Fsp3) is 0.188. The molecule has 104 valence electrons. The zero-order valence-electron chi connectivity index (χ0n) is 11.2. The van der Waals surface area contributed by atoms with Gasteiger partial charge in [0, 0.05) is 11.1 Å². The highest BCUT2D eigenvalue weighted by Crippen LogP contribution is 2.26. The quantitative estimate of drug-likeness (QED) is 0.776. The van der Waals surface area contributed by atoms with Crippen LogP contribution in [0, 0.1) is 19.7 Å². The number of ether oxygens (including phenoxy) is 1. The molecule has 20 heavy (non-hydrogen) atoms. The van der Waals surface area contributed by atoms with Crippen molar-refractivity contribution in [1.82, 2.24) is 0 Å². The Morgan fingerprint density at radius 3 is 2.60 bits per heavy atom. The van der Waals surface area contributed by atoms with E-state index in [9.17, 15) is 9.18 Å². The van der Waals surface area contributed by atoms with Crippen LogP contribution >= 0.6 is 11.6 Å². The number of hydrogen-bond acceptors (Lipinski definition) is 2. The second kappa shape index (κ2) is 6.06. The molecular weight excluding hydrogens is 279 g/mol. The van der Waals surface area contributed by atoms with Crippen LogP contribution in [-0.2, 0) is 6.61 Å². The smallest absolute Gasteiger partial charge is 0.150 e. The number of rotatable bonds is 4. The van der Waals surface area contributed by atoms with Crippen LogP contribution in [0.15, 0.2) is 30.3 Å². The van der Waals surface area contributed by atoms with Gasteiger partial charge in [0.25, 0.3) is 0 Å². The van der Waals surface area contributed by atoms with Crippen LogP contribution in [0.25, 0.3) is 0 Å². The van der Waals surface area contributed by atoms with Gasteiger partial charge in [-0.05, 0) is 49.2 Å². The van der Waals surface area contributed by atoms with E-state index in [2.05, 4.69) is 0 Å². The van der Waals surface area contributed by atoms with E-state index in [1.807, 2.05) is 13.8 Å². The van der Waals surface area contributed by atoms with Gasteiger partial charge in [-0.15, -0.1) is 0 Å². The van der Waals surface area contributed by atoms with Crippen LogP contribution in [0.4, 0.5) is 4.39 Å². The molecule has 0 aliphatic rings. The van der Waals surface area contributed by atoms with Crippen LogP contribution in [0.3, 0.4) is 0 Å². The van der Waals surface area contributed by atoms with Gasteiger partial charge in [0.15, 0.2) is 0 Å². The zero-order chi connectivity index (χ0) is 14.7. The van der Waals surface area contributed by atoms with Crippen molar-refractivity contribution < 1.29 is 13.9 Å². The molecule has 0 fully saturated rings. The third-order valence-corrected chi connectivity index (χ3v) is 3.61. The normalized spacial score (nSPS) is 10.4. The molecule has 0 spiro atoms. The maximum Gasteiger partial charge on any atom is 0.150 e. The number of hydrogen-bond donors (Lipinski definition) is 0. The van der Waals surface area contributed by atoms with Gasteiger partial charge in [-0.3, -0.25) is 4.79 Å². The molecule has 2 aromatic rings. The molecular formula is C16H14ClFO2. The fourth-order valence-electron chi connectivity index (χ4n) is 1.90. The highest BCUT2D eigenvalue weighted by molar-refractivity contribution is 6.32. The molecule has 0 N–H and O–H groups in total. The predicted molar refractivity (Wildman–Crippen MR) is 77.0 cm³/mol. The highest BCUT2D eigenvalue weighted by atomic mass is 35.5. The molecule has 0 saturated heterocycles. The average molecular weight is 293 g/mol. The molecule has 2 nitrogen and oxygen atoms in total. The van der Waals surface area contributed by atoms with Crippen LogP contribution < -0.4 is 4.74 Å². The summed E-state index contributed by atoms with van der Waals surface area (Å²) < 4.78 is 19.3. The molecule has 0 aliphatic carbocycles. The van der Waals surface area contributed by atoms with Gasteiger partial charge in [-0.2, -0.15) is 0 Å². The van der Waals surface area contributed by atoms with Gasteiger partial charge in [0.05, 0.1) is 5.02 Å². The Morgan fingerprint density at radius 1 is 1.20 bits per heavy atom. The van der Waals surface area contributed by atoms with Gasteiger partial charge in [0.1, 0.15) is 24.5 Å². The Labute approximate surface area is 122 Å². The molecule has 0 radical (unpaired) electrons. The molecule has 2 rings (SSSR count). The van der Waals surface area contributed by atoms with E-state index in [0.29, 0.717) is 21.9 Å². The first-order valence-corrected chi connectivity index (χ1v) is 6.53. The lowest BCUT2D eigenvalue weighted by molar-refractivity contribution is 0.112. The van der Waals surface area contributed by atoms with Crippen molar-refractivity contribution >= 4 is 17.9 Å². The van der Waals surface area contributed by atoms with E-state index >= 15 is 0 Å². The maximum absolute atomic E-state index is 13.7. The Hall–Kier alpha value is -1.87. The summed E-state index contributed by atoms with van der Waals surface area (Å²) in [5.74, 6) is 0.218. The molecule has 0 heterocycles. The van der Waals surface area contributed by atoms with Crippen LogP contribution in [0.1, 0.15) is 27.0 Å². The van der Waals surface area contributed by atoms with E-state index < -0.39 is 0 Å². The first-order chi connectivity index (χ1) is 9.52. The van der Waals surface area contributed by atoms with Crippen molar-refractivity contribution in [1.29, 1.82) is 0 Å². The van der Waals surface area contributed by atoms with E-state index in [1.165, 1.54) is 6.07 Å². The first kappa shape index (κ1) is 14.5. The molecule has 0 aromatic heterocycles. The predicted octanol–water partition coefficient (Wildman–Crippen LogP) is 4.49. The van der Waals surface area contributed by atoms with Crippen molar-refractivity contribution in [3.05, 3.63) is 63.4 Å². The summed E-state index contributed by atoms with van der Waals surface area (Å²) in [6.45, 7) is 3.69. The Bertz CT molecular complexity index is 653. The Kier molecular flexibility index (Phi) is 4.40. The van der Waals surface area contributed by atoms with Crippen LogP contribution in [-0.4, -0.2) is 6.29 Å². The standard InChI is InChI=1S/C16H14ClFO2/c1-10-3-5-14(18)13(16(10)17)9-20-15-6-4-12(8-19)7-11(15)2/h3-8H,9H2,1-2H3. The minimum atomic E-state index is -0.386. The summed E-state index contributed by atoms with van der Waals surface area (Å²) in [5.41, 5.74) is 2.54. The maximum atomic E-state index is 13.7. The van der Waals surface area contributed by atoms with Gasteiger partial charge in [0.2, 0.25) is 0 Å².